The average molecular weight is 505 g/mol. The van der Waals surface area contributed by atoms with Crippen LogP contribution in [-0.4, -0.2) is 43.3 Å². The molecule has 0 amide bonds. The van der Waals surface area contributed by atoms with E-state index in [1.807, 2.05) is 0 Å². The number of aromatic nitrogens is 1. The van der Waals surface area contributed by atoms with Gasteiger partial charge in [-0.3, -0.25) is 4.79 Å². The largest absolute Gasteiger partial charge is 0.373 e. The number of carbonyl (C=O) groups excluding carboxylic acids is 1. The maximum atomic E-state index is 13.3. The fraction of sp³-hybridized carbons (Fsp3) is 0.452. The molecule has 0 aliphatic carbocycles. The Morgan fingerprint density at radius 3 is 2.17 bits per heavy atom. The molecule has 0 fully saturated rings. The Morgan fingerprint density at radius 1 is 0.972 bits per heavy atom. The first-order valence-electron chi connectivity index (χ1n) is 13.4. The third-order valence-electron chi connectivity index (χ3n) is 8.35. The van der Waals surface area contributed by atoms with Gasteiger partial charge in [-0.2, -0.15) is 0 Å². The van der Waals surface area contributed by atoms with Gasteiger partial charge in [0.05, 0.1) is 0 Å². The van der Waals surface area contributed by atoms with Crippen molar-refractivity contribution in [2.75, 3.05) is 20.1 Å². The molecule has 0 saturated carbocycles. The Kier molecular flexibility index (Phi) is 7.72. The van der Waals surface area contributed by atoms with Gasteiger partial charge in [0.2, 0.25) is 0 Å². The lowest BCUT2D eigenvalue weighted by molar-refractivity contribution is 0.0993. The molecule has 3 aromatic rings. The molecule has 0 bridgehead atoms. The normalized spacial score (nSPS) is 15.4. The number of hydrogen-bond donors (Lipinski definition) is 0. The van der Waals surface area contributed by atoms with Crippen molar-refractivity contribution < 1.29 is 9.18 Å². The minimum absolute atomic E-state index is 0.0177. The molecule has 0 N–H and O–H groups in total. The lowest BCUT2D eigenvalue weighted by atomic mass is 9.96. The summed E-state index contributed by atoms with van der Waals surface area (Å²) in [5.74, 6) is -0.303. The Balaban J connectivity index is 1.86. The summed E-state index contributed by atoms with van der Waals surface area (Å²) in [5.41, 5.74) is 7.37. The zero-order chi connectivity index (χ0) is 26.2. The molecular formula is C31H41FN2OSi. The standard InChI is InChI=1S/C31H41FN2OSi/c1-21(2)36(22(3)4,23(5)6)34-20-29(25-14-16-33(7)17-15-25)28-18-24(8-13-30(28)34)19-31(35)26-9-11-27(32)12-10-26/h8-14,18,20-23H,15-17,19H2,1-7H3. The summed E-state index contributed by atoms with van der Waals surface area (Å²) in [5, 5.41) is 1.26. The number of halogens is 1. The highest BCUT2D eigenvalue weighted by molar-refractivity contribution is 6.82. The SMILES string of the molecule is CC(C)[Si](C(C)C)(C(C)C)n1cc(C2=CCN(C)CC2)c2cc(CC(=O)c3ccc(F)cc3)ccc21. The molecule has 0 spiro atoms. The number of nitrogens with zero attached hydrogens (tertiary/aromatic N) is 2. The number of rotatable bonds is 8. The fourth-order valence-corrected chi connectivity index (χ4v) is 13.4. The number of benzene rings is 2. The van der Waals surface area contributed by atoms with E-state index < -0.39 is 8.24 Å². The van der Waals surface area contributed by atoms with Crippen molar-refractivity contribution in [3.05, 3.63) is 77.2 Å². The Morgan fingerprint density at radius 2 is 1.61 bits per heavy atom. The van der Waals surface area contributed by atoms with Crippen molar-refractivity contribution in [3.8, 4) is 0 Å². The first-order valence-corrected chi connectivity index (χ1v) is 15.5. The number of ketones is 1. The van der Waals surface area contributed by atoms with Gasteiger partial charge in [-0.05, 0) is 77.6 Å². The third kappa shape index (κ3) is 4.75. The van der Waals surface area contributed by atoms with Crippen molar-refractivity contribution in [3.63, 3.8) is 0 Å². The summed E-state index contributed by atoms with van der Waals surface area (Å²) in [4.78, 5) is 15.3. The number of fused-ring (bicyclic) bond motifs is 1. The van der Waals surface area contributed by atoms with Crippen molar-refractivity contribution in [2.45, 2.75) is 71.0 Å². The van der Waals surface area contributed by atoms with E-state index in [4.69, 9.17) is 0 Å². The van der Waals surface area contributed by atoms with Crippen LogP contribution in [0.5, 0.6) is 0 Å². The van der Waals surface area contributed by atoms with Crippen molar-refractivity contribution in [1.29, 1.82) is 0 Å². The van der Waals surface area contributed by atoms with E-state index in [-0.39, 0.29) is 11.6 Å². The van der Waals surface area contributed by atoms with E-state index in [0.717, 1.165) is 25.1 Å². The van der Waals surface area contributed by atoms with E-state index in [0.29, 0.717) is 28.6 Å². The molecule has 0 unspecified atom stereocenters. The lowest BCUT2D eigenvalue weighted by Gasteiger charge is -2.44. The second-order valence-corrected chi connectivity index (χ2v) is 17.2. The Bertz CT molecular complexity index is 1250. The lowest BCUT2D eigenvalue weighted by Crippen LogP contribution is -2.51. The number of carbonyl (C=O) groups is 1. The van der Waals surface area contributed by atoms with Crippen LogP contribution in [-0.2, 0) is 6.42 Å². The van der Waals surface area contributed by atoms with E-state index >= 15 is 0 Å². The molecule has 0 saturated heterocycles. The fourth-order valence-electron chi connectivity index (χ4n) is 6.74. The maximum Gasteiger partial charge on any atom is 0.169 e. The second-order valence-electron chi connectivity index (χ2n) is 11.5. The smallest absolute Gasteiger partial charge is 0.169 e. The minimum atomic E-state index is -1.96. The van der Waals surface area contributed by atoms with Gasteiger partial charge in [-0.15, -0.1) is 0 Å². The van der Waals surface area contributed by atoms with Crippen LogP contribution in [0.3, 0.4) is 0 Å². The van der Waals surface area contributed by atoms with Gasteiger partial charge in [-0.25, -0.2) is 4.39 Å². The van der Waals surface area contributed by atoms with Crippen LogP contribution in [0.1, 0.15) is 69.4 Å². The Hall–Kier alpha value is -2.50. The Labute approximate surface area is 217 Å². The first kappa shape index (κ1) is 26.6. The summed E-state index contributed by atoms with van der Waals surface area (Å²) in [7, 11) is 0.215. The molecule has 3 nitrogen and oxygen atoms in total. The molecule has 0 atom stereocenters. The minimum Gasteiger partial charge on any atom is -0.373 e. The van der Waals surface area contributed by atoms with E-state index in [1.165, 1.54) is 34.2 Å². The predicted molar refractivity (Wildman–Crippen MR) is 153 cm³/mol. The number of likely N-dealkylation sites (N-methyl/N-ethyl adjacent to an activating group) is 1. The molecule has 1 aliphatic heterocycles. The molecule has 36 heavy (non-hydrogen) atoms. The van der Waals surface area contributed by atoms with Crippen LogP contribution in [0.4, 0.5) is 4.39 Å². The summed E-state index contributed by atoms with van der Waals surface area (Å²) >= 11 is 0. The van der Waals surface area contributed by atoms with Crippen LogP contribution >= 0.6 is 0 Å². The summed E-state index contributed by atoms with van der Waals surface area (Å²) in [6.45, 7) is 16.5. The molecule has 0 radical (unpaired) electrons. The highest BCUT2D eigenvalue weighted by Crippen LogP contribution is 2.46. The number of Topliss-reactive ketones (excluding diaryl/α,β-unsaturated/α-hetero) is 1. The summed E-state index contributed by atoms with van der Waals surface area (Å²) in [6.07, 6.45) is 6.19. The van der Waals surface area contributed by atoms with E-state index in [9.17, 15) is 9.18 Å². The monoisotopic (exact) mass is 504 g/mol. The van der Waals surface area contributed by atoms with Crippen LogP contribution in [0.15, 0.2) is 54.7 Å². The van der Waals surface area contributed by atoms with Gasteiger partial charge >= 0.3 is 0 Å². The molecular weight excluding hydrogens is 463 g/mol. The van der Waals surface area contributed by atoms with Crippen molar-refractivity contribution >= 4 is 30.5 Å². The molecule has 1 aliphatic rings. The van der Waals surface area contributed by atoms with Gasteiger partial charge in [-0.1, -0.05) is 53.7 Å². The first-order chi connectivity index (χ1) is 17.0. The van der Waals surface area contributed by atoms with Gasteiger partial charge in [0, 0.05) is 47.7 Å². The highest BCUT2D eigenvalue weighted by atomic mass is 28.3. The third-order valence-corrected chi connectivity index (χ3v) is 15.1. The molecule has 2 heterocycles. The topological polar surface area (TPSA) is 25.2 Å². The van der Waals surface area contributed by atoms with E-state index in [1.54, 1.807) is 12.1 Å². The summed E-state index contributed by atoms with van der Waals surface area (Å²) in [6, 6.07) is 12.5. The van der Waals surface area contributed by atoms with Crippen molar-refractivity contribution in [2.24, 2.45) is 0 Å². The van der Waals surface area contributed by atoms with Crippen LogP contribution < -0.4 is 0 Å². The van der Waals surface area contributed by atoms with E-state index in [2.05, 4.69) is 88.2 Å². The van der Waals surface area contributed by atoms with Crippen LogP contribution in [0.2, 0.25) is 16.6 Å². The quantitative estimate of drug-likeness (QED) is 0.230. The molecule has 192 valence electrons. The van der Waals surface area contributed by atoms with Gasteiger partial charge in [0.1, 0.15) is 5.82 Å². The highest BCUT2D eigenvalue weighted by Gasteiger charge is 2.46. The zero-order valence-corrected chi connectivity index (χ0v) is 23.9. The van der Waals surface area contributed by atoms with Gasteiger partial charge in [0.25, 0.3) is 0 Å². The zero-order valence-electron chi connectivity index (χ0n) is 22.9. The molecule has 4 rings (SSSR count). The molecule has 2 aromatic carbocycles. The number of hydrogen-bond acceptors (Lipinski definition) is 2. The summed E-state index contributed by atoms with van der Waals surface area (Å²) < 4.78 is 16.0. The van der Waals surface area contributed by atoms with Crippen LogP contribution in [0.25, 0.3) is 16.5 Å². The van der Waals surface area contributed by atoms with Crippen LogP contribution in [0, 0.1) is 5.82 Å². The molecule has 1 aromatic heterocycles. The molecule has 5 heteroatoms. The predicted octanol–water partition coefficient (Wildman–Crippen LogP) is 7.95. The second kappa shape index (κ2) is 10.5. The maximum absolute atomic E-state index is 13.3. The average Bonchev–Trinajstić information content (AvgIpc) is 3.18. The van der Waals surface area contributed by atoms with Crippen molar-refractivity contribution in [1.82, 2.24) is 9.13 Å². The van der Waals surface area contributed by atoms with Gasteiger partial charge in [0.15, 0.2) is 14.0 Å². The van der Waals surface area contributed by atoms with Gasteiger partial charge < -0.3 is 9.13 Å².